The summed E-state index contributed by atoms with van der Waals surface area (Å²) < 4.78 is 34.7. The van der Waals surface area contributed by atoms with E-state index in [9.17, 15) is 13.2 Å². The van der Waals surface area contributed by atoms with E-state index in [2.05, 4.69) is 15.1 Å². The van der Waals surface area contributed by atoms with Crippen LogP contribution in [0.2, 0.25) is 0 Å². The van der Waals surface area contributed by atoms with Gasteiger partial charge in [-0.2, -0.15) is 5.10 Å². The summed E-state index contributed by atoms with van der Waals surface area (Å²) in [6, 6.07) is 13.5. The number of hydrogen-bond donors (Lipinski definition) is 2. The van der Waals surface area contributed by atoms with Gasteiger partial charge in [-0.25, -0.2) is 17.8 Å². The molecule has 0 saturated carbocycles. The van der Waals surface area contributed by atoms with Gasteiger partial charge in [0.2, 0.25) is 10.0 Å². The van der Waals surface area contributed by atoms with Crippen LogP contribution in [0.1, 0.15) is 35.5 Å². The van der Waals surface area contributed by atoms with Crippen molar-refractivity contribution in [2.24, 2.45) is 0 Å². The van der Waals surface area contributed by atoms with Crippen LogP contribution in [0.4, 0.5) is 5.82 Å². The molecule has 0 aliphatic carbocycles. The molecule has 2 N–H and O–H groups in total. The number of hydrogen-bond acceptors (Lipinski definition) is 5. The lowest BCUT2D eigenvalue weighted by Gasteiger charge is -2.14. The van der Waals surface area contributed by atoms with Crippen LogP contribution < -0.4 is 14.8 Å². The number of nitrogens with one attached hydrogen (secondary N) is 2. The minimum absolute atomic E-state index is 0.0976. The van der Waals surface area contributed by atoms with E-state index in [1.54, 1.807) is 24.6 Å². The van der Waals surface area contributed by atoms with Crippen LogP contribution >= 0.6 is 0 Å². The van der Waals surface area contributed by atoms with E-state index in [4.69, 9.17) is 4.74 Å². The highest BCUT2D eigenvalue weighted by Gasteiger charge is 2.23. The minimum Gasteiger partial charge on any atom is -0.495 e. The molecule has 1 aromatic heterocycles. The molecule has 0 spiro atoms. The monoisotopic (exact) mass is 442 g/mol. The highest BCUT2D eigenvalue weighted by atomic mass is 32.2. The number of carbonyl (C=O) groups is 1. The van der Waals surface area contributed by atoms with Crippen molar-refractivity contribution in [2.75, 3.05) is 12.4 Å². The summed E-state index contributed by atoms with van der Waals surface area (Å²) in [5, 5.41) is 7.27. The zero-order chi connectivity index (χ0) is 22.8. The number of anilines is 1. The van der Waals surface area contributed by atoms with Crippen molar-refractivity contribution in [2.45, 2.75) is 38.6 Å². The third kappa shape index (κ3) is 5.12. The van der Waals surface area contributed by atoms with E-state index in [-0.39, 0.29) is 22.3 Å². The van der Waals surface area contributed by atoms with E-state index < -0.39 is 15.9 Å². The first kappa shape index (κ1) is 22.5. The molecule has 0 radical (unpaired) electrons. The molecule has 3 aromatic rings. The third-order valence-corrected chi connectivity index (χ3v) is 6.14. The molecule has 164 valence electrons. The zero-order valence-corrected chi connectivity index (χ0v) is 18.9. The van der Waals surface area contributed by atoms with Crippen molar-refractivity contribution in [3.8, 4) is 11.4 Å². The number of methoxy groups -OCH3 is 1. The summed E-state index contributed by atoms with van der Waals surface area (Å²) in [5.74, 6) is 0.175. The maximum atomic E-state index is 13.0. The zero-order valence-electron chi connectivity index (χ0n) is 18.1. The Labute approximate surface area is 182 Å². The largest absolute Gasteiger partial charge is 0.495 e. The first-order valence-corrected chi connectivity index (χ1v) is 11.2. The average Bonchev–Trinajstić information content (AvgIpc) is 3.07. The van der Waals surface area contributed by atoms with Gasteiger partial charge in [0.15, 0.2) is 0 Å². The molecule has 0 aliphatic rings. The molecule has 0 saturated heterocycles. The molecule has 0 bridgehead atoms. The Morgan fingerprint density at radius 2 is 1.74 bits per heavy atom. The van der Waals surface area contributed by atoms with Gasteiger partial charge in [0, 0.05) is 17.7 Å². The van der Waals surface area contributed by atoms with E-state index in [1.807, 2.05) is 38.1 Å². The standard InChI is InChI=1S/C22H26N4O4S/c1-14(2)25-31(28,29)20-13-17(8-11-19(20)30-5)22(27)23-21-12-16(4)24-26(21)18-9-6-15(3)7-10-18/h6-14,25H,1-5H3,(H,23,27). The summed E-state index contributed by atoms with van der Waals surface area (Å²) in [6.07, 6.45) is 0. The maximum Gasteiger partial charge on any atom is 0.256 e. The smallest absolute Gasteiger partial charge is 0.256 e. The van der Waals surface area contributed by atoms with Crippen LogP contribution in [-0.2, 0) is 10.0 Å². The first-order chi connectivity index (χ1) is 14.6. The minimum atomic E-state index is -3.85. The van der Waals surface area contributed by atoms with Gasteiger partial charge in [0.1, 0.15) is 16.5 Å². The first-order valence-electron chi connectivity index (χ1n) is 9.76. The predicted molar refractivity (Wildman–Crippen MR) is 119 cm³/mol. The van der Waals surface area contributed by atoms with Crippen LogP contribution in [0.5, 0.6) is 5.75 Å². The van der Waals surface area contributed by atoms with Crippen molar-refractivity contribution in [1.82, 2.24) is 14.5 Å². The van der Waals surface area contributed by atoms with Crippen LogP contribution in [0.25, 0.3) is 5.69 Å². The fraction of sp³-hybridized carbons (Fsp3) is 0.273. The van der Waals surface area contributed by atoms with Gasteiger partial charge in [-0.05, 0) is 58.0 Å². The molecule has 3 rings (SSSR count). The Morgan fingerprint density at radius 1 is 1.06 bits per heavy atom. The van der Waals surface area contributed by atoms with E-state index in [0.29, 0.717) is 5.82 Å². The topological polar surface area (TPSA) is 102 Å². The van der Waals surface area contributed by atoms with Gasteiger partial charge in [0.25, 0.3) is 5.91 Å². The molecular weight excluding hydrogens is 416 g/mol. The number of benzene rings is 2. The molecule has 0 aliphatic heterocycles. The molecule has 0 atom stereocenters. The number of amides is 1. The highest BCUT2D eigenvalue weighted by molar-refractivity contribution is 7.89. The summed E-state index contributed by atoms with van der Waals surface area (Å²) in [4.78, 5) is 12.9. The Balaban J connectivity index is 1.95. The van der Waals surface area contributed by atoms with Crippen molar-refractivity contribution in [3.05, 3.63) is 65.4 Å². The lowest BCUT2D eigenvalue weighted by atomic mass is 10.2. The highest BCUT2D eigenvalue weighted by Crippen LogP contribution is 2.26. The Morgan fingerprint density at radius 3 is 2.35 bits per heavy atom. The lowest BCUT2D eigenvalue weighted by Crippen LogP contribution is -2.30. The summed E-state index contributed by atoms with van der Waals surface area (Å²) in [7, 11) is -2.47. The van der Waals surface area contributed by atoms with Gasteiger partial charge in [-0.3, -0.25) is 4.79 Å². The SMILES string of the molecule is COc1ccc(C(=O)Nc2cc(C)nn2-c2ccc(C)cc2)cc1S(=O)(=O)NC(C)C. The van der Waals surface area contributed by atoms with E-state index in [0.717, 1.165) is 16.9 Å². The Hall–Kier alpha value is -3.17. The summed E-state index contributed by atoms with van der Waals surface area (Å²) in [6.45, 7) is 7.25. The average molecular weight is 443 g/mol. The summed E-state index contributed by atoms with van der Waals surface area (Å²) in [5.41, 5.74) is 2.82. The molecule has 8 nitrogen and oxygen atoms in total. The van der Waals surface area contributed by atoms with Gasteiger partial charge in [0.05, 0.1) is 18.5 Å². The van der Waals surface area contributed by atoms with Crippen LogP contribution in [0.15, 0.2) is 53.4 Å². The van der Waals surface area contributed by atoms with Crippen molar-refractivity contribution in [3.63, 3.8) is 0 Å². The van der Waals surface area contributed by atoms with Crippen LogP contribution in [-0.4, -0.2) is 37.3 Å². The molecule has 0 fully saturated rings. The van der Waals surface area contributed by atoms with E-state index >= 15 is 0 Å². The normalized spacial score (nSPS) is 11.5. The second-order valence-electron chi connectivity index (χ2n) is 7.51. The number of aryl methyl sites for hydroxylation is 2. The molecule has 31 heavy (non-hydrogen) atoms. The quantitative estimate of drug-likeness (QED) is 0.584. The Kier molecular flexibility index (Phi) is 6.47. The van der Waals surface area contributed by atoms with Crippen molar-refractivity contribution < 1.29 is 17.9 Å². The van der Waals surface area contributed by atoms with Crippen LogP contribution in [0.3, 0.4) is 0 Å². The maximum absolute atomic E-state index is 13.0. The Bertz CT molecular complexity index is 1200. The number of sulfonamides is 1. The van der Waals surface area contributed by atoms with Crippen LogP contribution in [0, 0.1) is 13.8 Å². The number of nitrogens with zero attached hydrogens (tertiary/aromatic N) is 2. The predicted octanol–water partition coefficient (Wildman–Crippen LogP) is 3.44. The van der Waals surface area contributed by atoms with Gasteiger partial charge < -0.3 is 10.1 Å². The molecule has 9 heteroatoms. The molecule has 0 unspecified atom stereocenters. The number of rotatable bonds is 7. The van der Waals surface area contributed by atoms with Crippen molar-refractivity contribution >= 4 is 21.7 Å². The summed E-state index contributed by atoms with van der Waals surface area (Å²) >= 11 is 0. The molecule has 2 aromatic carbocycles. The van der Waals surface area contributed by atoms with Gasteiger partial charge in [-0.1, -0.05) is 17.7 Å². The number of carbonyl (C=O) groups excluding carboxylic acids is 1. The van der Waals surface area contributed by atoms with E-state index in [1.165, 1.54) is 25.3 Å². The lowest BCUT2D eigenvalue weighted by molar-refractivity contribution is 0.102. The van der Waals surface area contributed by atoms with Gasteiger partial charge in [-0.15, -0.1) is 0 Å². The van der Waals surface area contributed by atoms with Crippen molar-refractivity contribution in [1.29, 1.82) is 0 Å². The fourth-order valence-electron chi connectivity index (χ4n) is 3.06. The second kappa shape index (κ2) is 8.91. The fourth-order valence-corrected chi connectivity index (χ4v) is 4.51. The number of ether oxygens (including phenoxy) is 1. The molecular formula is C22H26N4O4S. The molecule has 1 heterocycles. The van der Waals surface area contributed by atoms with Gasteiger partial charge >= 0.3 is 0 Å². The number of aromatic nitrogens is 2. The molecule has 1 amide bonds. The second-order valence-corrected chi connectivity index (χ2v) is 9.20. The third-order valence-electron chi connectivity index (χ3n) is 4.46.